The van der Waals surface area contributed by atoms with Crippen LogP contribution in [0.5, 0.6) is 5.75 Å². The molecule has 0 unspecified atom stereocenters. The summed E-state index contributed by atoms with van der Waals surface area (Å²) in [5.74, 6) is 2.95. The molecule has 0 bridgehead atoms. The van der Waals surface area contributed by atoms with Crippen molar-refractivity contribution in [2.75, 3.05) is 31.1 Å². The van der Waals surface area contributed by atoms with Crippen LogP contribution in [0.3, 0.4) is 0 Å². The van der Waals surface area contributed by atoms with Gasteiger partial charge in [-0.1, -0.05) is 17.3 Å². The number of carbonyl (C=O) groups is 1. The lowest BCUT2D eigenvalue weighted by Gasteiger charge is -2.35. The molecule has 1 saturated heterocycles. The van der Waals surface area contributed by atoms with Crippen molar-refractivity contribution in [2.45, 2.75) is 34.3 Å². The highest BCUT2D eigenvalue weighted by molar-refractivity contribution is 5.97. The number of rotatable bonds is 5. The molecule has 0 atom stereocenters. The Morgan fingerprint density at radius 2 is 1.81 bits per heavy atom. The molecule has 1 fully saturated rings. The molecule has 2 aromatic heterocycles. The molecular weight excluding hydrogens is 394 g/mol. The van der Waals surface area contributed by atoms with Gasteiger partial charge in [0.25, 0.3) is 5.91 Å². The fourth-order valence-corrected chi connectivity index (χ4v) is 3.80. The SMILES string of the molecule is Cc1cc(N2CCN(C(=O)c3ccccc3OCc3c(C)noc3C)CC2)nc(C)n1. The molecule has 3 aromatic rings. The number of ether oxygens (including phenoxy) is 1. The number of anilines is 1. The number of benzene rings is 1. The van der Waals surface area contributed by atoms with Crippen LogP contribution in [0.2, 0.25) is 0 Å². The molecule has 0 aliphatic carbocycles. The van der Waals surface area contributed by atoms with Crippen LogP contribution in [0, 0.1) is 27.7 Å². The van der Waals surface area contributed by atoms with Gasteiger partial charge in [-0.3, -0.25) is 4.79 Å². The first kappa shape index (κ1) is 20.8. The summed E-state index contributed by atoms with van der Waals surface area (Å²) in [5.41, 5.74) is 3.22. The molecule has 8 nitrogen and oxygen atoms in total. The lowest BCUT2D eigenvalue weighted by Crippen LogP contribution is -2.49. The van der Waals surface area contributed by atoms with E-state index in [1.807, 2.05) is 62.9 Å². The lowest BCUT2D eigenvalue weighted by molar-refractivity contribution is 0.0741. The number of hydrogen-bond acceptors (Lipinski definition) is 7. The Bertz CT molecular complexity index is 1050. The fourth-order valence-electron chi connectivity index (χ4n) is 3.80. The number of aryl methyl sites for hydroxylation is 4. The molecular formula is C23H27N5O3. The van der Waals surface area contributed by atoms with E-state index in [0.717, 1.165) is 47.4 Å². The van der Waals surface area contributed by atoms with Crippen LogP contribution in [0.15, 0.2) is 34.9 Å². The van der Waals surface area contributed by atoms with Crippen LogP contribution in [0.25, 0.3) is 0 Å². The smallest absolute Gasteiger partial charge is 0.257 e. The van der Waals surface area contributed by atoms with Crippen LogP contribution in [-0.4, -0.2) is 52.1 Å². The minimum atomic E-state index is -0.0240. The van der Waals surface area contributed by atoms with Crippen LogP contribution in [0.1, 0.15) is 38.9 Å². The third kappa shape index (κ3) is 4.52. The summed E-state index contributed by atoms with van der Waals surface area (Å²) in [6.45, 7) is 10.6. The van der Waals surface area contributed by atoms with Gasteiger partial charge in [-0.05, 0) is 39.8 Å². The van der Waals surface area contributed by atoms with Crippen molar-refractivity contribution in [1.82, 2.24) is 20.0 Å². The lowest BCUT2D eigenvalue weighted by atomic mass is 10.1. The van der Waals surface area contributed by atoms with Gasteiger partial charge in [-0.25, -0.2) is 9.97 Å². The predicted octanol–water partition coefficient (Wildman–Crippen LogP) is 3.24. The van der Waals surface area contributed by atoms with Crippen LogP contribution in [-0.2, 0) is 6.61 Å². The number of carbonyl (C=O) groups excluding carboxylic acids is 1. The Morgan fingerprint density at radius 1 is 1.06 bits per heavy atom. The van der Waals surface area contributed by atoms with E-state index < -0.39 is 0 Å². The zero-order valence-corrected chi connectivity index (χ0v) is 18.4. The second-order valence-corrected chi connectivity index (χ2v) is 7.78. The monoisotopic (exact) mass is 421 g/mol. The molecule has 0 saturated carbocycles. The van der Waals surface area contributed by atoms with Crippen molar-refractivity contribution >= 4 is 11.7 Å². The van der Waals surface area contributed by atoms with E-state index in [0.29, 0.717) is 31.0 Å². The summed E-state index contributed by atoms with van der Waals surface area (Å²) in [7, 11) is 0. The maximum atomic E-state index is 13.2. The average molecular weight is 422 g/mol. The summed E-state index contributed by atoms with van der Waals surface area (Å²) in [6, 6.07) is 9.36. The van der Waals surface area contributed by atoms with Crippen molar-refractivity contribution < 1.29 is 14.1 Å². The van der Waals surface area contributed by atoms with E-state index in [1.165, 1.54) is 0 Å². The van der Waals surface area contributed by atoms with E-state index >= 15 is 0 Å². The molecule has 31 heavy (non-hydrogen) atoms. The van der Waals surface area contributed by atoms with E-state index in [1.54, 1.807) is 0 Å². The first-order valence-corrected chi connectivity index (χ1v) is 10.4. The largest absolute Gasteiger partial charge is 0.488 e. The van der Waals surface area contributed by atoms with Gasteiger partial charge >= 0.3 is 0 Å². The first-order chi connectivity index (χ1) is 14.9. The molecule has 1 aromatic carbocycles. The minimum Gasteiger partial charge on any atom is -0.488 e. The second-order valence-electron chi connectivity index (χ2n) is 7.78. The van der Waals surface area contributed by atoms with Crippen molar-refractivity contribution in [1.29, 1.82) is 0 Å². The third-order valence-electron chi connectivity index (χ3n) is 5.51. The summed E-state index contributed by atoms with van der Waals surface area (Å²) in [6.07, 6.45) is 0. The van der Waals surface area contributed by atoms with E-state index in [-0.39, 0.29) is 5.91 Å². The summed E-state index contributed by atoms with van der Waals surface area (Å²) < 4.78 is 11.2. The summed E-state index contributed by atoms with van der Waals surface area (Å²) in [5, 5.41) is 3.96. The Hall–Kier alpha value is -3.42. The zero-order valence-electron chi connectivity index (χ0n) is 18.4. The Balaban J connectivity index is 1.43. The summed E-state index contributed by atoms with van der Waals surface area (Å²) in [4.78, 5) is 26.2. The van der Waals surface area contributed by atoms with Gasteiger partial charge in [0.2, 0.25) is 0 Å². The molecule has 8 heteroatoms. The fraction of sp³-hybridized carbons (Fsp3) is 0.391. The van der Waals surface area contributed by atoms with Crippen molar-refractivity contribution in [3.05, 3.63) is 64.4 Å². The predicted molar refractivity (Wildman–Crippen MR) is 116 cm³/mol. The molecule has 1 aliphatic heterocycles. The first-order valence-electron chi connectivity index (χ1n) is 10.4. The van der Waals surface area contributed by atoms with Gasteiger partial charge in [0, 0.05) is 37.9 Å². The second kappa shape index (κ2) is 8.75. The molecule has 4 rings (SSSR count). The van der Waals surface area contributed by atoms with Crippen molar-refractivity contribution in [3.63, 3.8) is 0 Å². The molecule has 1 amide bonds. The standard InChI is InChI=1S/C23H27N5O3/c1-15-13-22(25-18(4)24-15)27-9-11-28(12-10-27)23(29)19-7-5-6-8-21(19)30-14-20-16(2)26-31-17(20)3/h5-8,13H,9-12,14H2,1-4H3. The number of nitrogens with zero attached hydrogens (tertiary/aromatic N) is 5. The molecule has 1 aliphatic rings. The Morgan fingerprint density at radius 3 is 2.48 bits per heavy atom. The van der Waals surface area contributed by atoms with Crippen LogP contribution < -0.4 is 9.64 Å². The van der Waals surface area contributed by atoms with Crippen LogP contribution in [0.4, 0.5) is 5.82 Å². The van der Waals surface area contributed by atoms with Gasteiger partial charge in [0.15, 0.2) is 0 Å². The van der Waals surface area contributed by atoms with Gasteiger partial charge in [0.05, 0.1) is 16.8 Å². The molecule has 0 N–H and O–H groups in total. The normalized spacial score (nSPS) is 14.1. The minimum absolute atomic E-state index is 0.0240. The highest BCUT2D eigenvalue weighted by Crippen LogP contribution is 2.24. The van der Waals surface area contributed by atoms with E-state index in [4.69, 9.17) is 9.26 Å². The summed E-state index contributed by atoms with van der Waals surface area (Å²) >= 11 is 0. The van der Waals surface area contributed by atoms with Gasteiger partial charge < -0.3 is 19.1 Å². The number of piperazine rings is 1. The maximum absolute atomic E-state index is 13.2. The number of amides is 1. The molecule has 0 radical (unpaired) electrons. The van der Waals surface area contributed by atoms with Crippen molar-refractivity contribution in [3.8, 4) is 5.75 Å². The highest BCUT2D eigenvalue weighted by atomic mass is 16.5. The van der Waals surface area contributed by atoms with Gasteiger partial charge in [-0.15, -0.1) is 0 Å². The average Bonchev–Trinajstić information content (AvgIpc) is 3.08. The maximum Gasteiger partial charge on any atom is 0.257 e. The topological polar surface area (TPSA) is 84.6 Å². The molecule has 0 spiro atoms. The van der Waals surface area contributed by atoms with Gasteiger partial charge in [-0.2, -0.15) is 0 Å². The zero-order chi connectivity index (χ0) is 22.0. The Labute approximate surface area is 181 Å². The number of aromatic nitrogens is 3. The molecule has 3 heterocycles. The molecule has 162 valence electrons. The number of hydrogen-bond donors (Lipinski definition) is 0. The highest BCUT2D eigenvalue weighted by Gasteiger charge is 2.25. The quantitative estimate of drug-likeness (QED) is 0.625. The van der Waals surface area contributed by atoms with Crippen LogP contribution >= 0.6 is 0 Å². The van der Waals surface area contributed by atoms with Crippen molar-refractivity contribution in [2.24, 2.45) is 0 Å². The van der Waals surface area contributed by atoms with E-state index in [9.17, 15) is 4.79 Å². The number of para-hydroxylation sites is 1. The Kier molecular flexibility index (Phi) is 5.88. The van der Waals surface area contributed by atoms with E-state index in [2.05, 4.69) is 20.0 Å². The van der Waals surface area contributed by atoms with Gasteiger partial charge in [0.1, 0.15) is 29.8 Å². The third-order valence-corrected chi connectivity index (χ3v) is 5.51.